The van der Waals surface area contributed by atoms with Crippen molar-refractivity contribution in [1.82, 2.24) is 5.32 Å². The van der Waals surface area contributed by atoms with Gasteiger partial charge in [0, 0.05) is 0 Å². The number of nitrogens with one attached hydrogen (secondary N) is 1. The van der Waals surface area contributed by atoms with Crippen molar-refractivity contribution in [3.05, 3.63) is 52.4 Å². The molecule has 0 bridgehead atoms. The van der Waals surface area contributed by atoms with Gasteiger partial charge in [0.05, 0.1) is 12.6 Å². The van der Waals surface area contributed by atoms with Crippen LogP contribution < -0.4 is 10.1 Å². The summed E-state index contributed by atoms with van der Waals surface area (Å²) in [6, 6.07) is 12.5. The molecule has 2 aromatic rings. The highest BCUT2D eigenvalue weighted by Crippen LogP contribution is 2.39. The van der Waals surface area contributed by atoms with Crippen molar-refractivity contribution < 1.29 is 9.15 Å². The molecule has 3 rings (SSSR count). The summed E-state index contributed by atoms with van der Waals surface area (Å²) in [6.45, 7) is 0.792. The molecule has 3 nitrogen and oxygen atoms in total. The van der Waals surface area contributed by atoms with E-state index in [1.807, 2.05) is 25.2 Å². The Morgan fingerprint density at radius 1 is 1.30 bits per heavy atom. The Hall–Kier alpha value is -1.26. The van der Waals surface area contributed by atoms with Crippen LogP contribution in [-0.4, -0.2) is 13.7 Å². The smallest absolute Gasteiger partial charge is 0.169 e. The summed E-state index contributed by atoms with van der Waals surface area (Å²) >= 11 is 3.37. The zero-order valence-corrected chi connectivity index (χ0v) is 13.0. The molecule has 106 valence electrons. The minimum atomic E-state index is 0.220. The minimum Gasteiger partial charge on any atom is -0.493 e. The first-order valence-corrected chi connectivity index (χ1v) is 7.71. The lowest BCUT2D eigenvalue weighted by Crippen LogP contribution is -2.22. The maximum absolute atomic E-state index is 5.73. The number of furan rings is 1. The number of ether oxygens (including phenoxy) is 1. The Morgan fingerprint density at radius 3 is 2.90 bits per heavy atom. The standard InChI is InChI=1S/C16H18BrNO2/c1-18-13(15-6-7-16(17)20-15)10-11-8-9-19-14-5-3-2-4-12(11)14/h2-7,11,13,18H,8-10H2,1H3. The van der Waals surface area contributed by atoms with Gasteiger partial charge in [-0.1, -0.05) is 18.2 Å². The second-order valence-electron chi connectivity index (χ2n) is 5.09. The molecule has 1 aromatic heterocycles. The SMILES string of the molecule is CNC(CC1CCOc2ccccc21)c1ccc(Br)o1. The number of hydrogen-bond donors (Lipinski definition) is 1. The second-order valence-corrected chi connectivity index (χ2v) is 5.87. The van der Waals surface area contributed by atoms with Crippen molar-refractivity contribution in [2.24, 2.45) is 0 Å². The predicted molar refractivity (Wildman–Crippen MR) is 82.1 cm³/mol. The first-order valence-electron chi connectivity index (χ1n) is 6.92. The number of rotatable bonds is 4. The summed E-state index contributed by atoms with van der Waals surface area (Å²) in [7, 11) is 1.98. The highest BCUT2D eigenvalue weighted by atomic mass is 79.9. The Labute approximate surface area is 127 Å². The first-order chi connectivity index (χ1) is 9.78. The fourth-order valence-electron chi connectivity index (χ4n) is 2.84. The number of para-hydroxylation sites is 1. The summed E-state index contributed by atoms with van der Waals surface area (Å²) in [4.78, 5) is 0. The van der Waals surface area contributed by atoms with Gasteiger partial charge in [-0.15, -0.1) is 0 Å². The Morgan fingerprint density at radius 2 is 2.15 bits per heavy atom. The van der Waals surface area contributed by atoms with E-state index in [1.54, 1.807) is 0 Å². The van der Waals surface area contributed by atoms with Crippen molar-refractivity contribution in [3.8, 4) is 5.75 Å². The number of fused-ring (bicyclic) bond motifs is 1. The monoisotopic (exact) mass is 335 g/mol. The van der Waals surface area contributed by atoms with E-state index in [0.29, 0.717) is 5.92 Å². The van der Waals surface area contributed by atoms with E-state index in [2.05, 4.69) is 39.4 Å². The fourth-order valence-corrected chi connectivity index (χ4v) is 3.16. The van der Waals surface area contributed by atoms with Crippen LogP contribution in [0.5, 0.6) is 5.75 Å². The molecule has 1 aliphatic rings. The first kappa shape index (κ1) is 13.7. The Kier molecular flexibility index (Phi) is 4.13. The highest BCUT2D eigenvalue weighted by molar-refractivity contribution is 9.10. The van der Waals surface area contributed by atoms with Crippen molar-refractivity contribution in [1.29, 1.82) is 0 Å². The summed E-state index contributed by atoms with van der Waals surface area (Å²) in [6.07, 6.45) is 2.06. The third-order valence-corrected chi connectivity index (χ3v) is 4.32. The summed E-state index contributed by atoms with van der Waals surface area (Å²) < 4.78 is 12.2. The van der Waals surface area contributed by atoms with Crippen LogP contribution in [0.4, 0.5) is 0 Å². The zero-order valence-electron chi connectivity index (χ0n) is 11.4. The van der Waals surface area contributed by atoms with Gasteiger partial charge in [-0.05, 0) is 65.5 Å². The Bertz CT molecular complexity index is 581. The van der Waals surface area contributed by atoms with E-state index < -0.39 is 0 Å². The zero-order chi connectivity index (χ0) is 13.9. The largest absolute Gasteiger partial charge is 0.493 e. The van der Waals surface area contributed by atoms with E-state index in [9.17, 15) is 0 Å². The van der Waals surface area contributed by atoms with Crippen LogP contribution in [0.2, 0.25) is 0 Å². The molecule has 0 saturated carbocycles. The molecule has 0 saturated heterocycles. The van der Waals surface area contributed by atoms with E-state index in [0.717, 1.165) is 35.6 Å². The van der Waals surface area contributed by atoms with Crippen LogP contribution in [0.15, 0.2) is 45.5 Å². The molecular weight excluding hydrogens is 318 g/mol. The quantitative estimate of drug-likeness (QED) is 0.906. The average molecular weight is 336 g/mol. The molecule has 0 fully saturated rings. The normalized spacial score (nSPS) is 19.2. The van der Waals surface area contributed by atoms with Gasteiger partial charge in [0.1, 0.15) is 11.5 Å². The van der Waals surface area contributed by atoms with Gasteiger partial charge in [-0.3, -0.25) is 0 Å². The van der Waals surface area contributed by atoms with Crippen LogP contribution in [0.3, 0.4) is 0 Å². The van der Waals surface area contributed by atoms with Crippen molar-refractivity contribution in [3.63, 3.8) is 0 Å². The van der Waals surface area contributed by atoms with E-state index >= 15 is 0 Å². The molecule has 1 aromatic carbocycles. The van der Waals surface area contributed by atoms with Crippen LogP contribution in [0, 0.1) is 0 Å². The molecule has 0 amide bonds. The predicted octanol–water partition coefficient (Wildman–Crippen LogP) is 4.26. The van der Waals surface area contributed by atoms with Gasteiger partial charge in [-0.25, -0.2) is 0 Å². The number of hydrogen-bond acceptors (Lipinski definition) is 3. The summed E-state index contributed by atoms with van der Waals surface area (Å²) in [5.74, 6) is 2.50. The molecule has 1 aliphatic heterocycles. The van der Waals surface area contributed by atoms with E-state index in [4.69, 9.17) is 9.15 Å². The topological polar surface area (TPSA) is 34.4 Å². The molecule has 0 spiro atoms. The molecule has 0 radical (unpaired) electrons. The number of halogens is 1. The molecule has 2 unspecified atom stereocenters. The molecule has 1 N–H and O–H groups in total. The molecule has 20 heavy (non-hydrogen) atoms. The Balaban J connectivity index is 1.80. The maximum Gasteiger partial charge on any atom is 0.169 e. The van der Waals surface area contributed by atoms with Crippen molar-refractivity contribution in [2.75, 3.05) is 13.7 Å². The van der Waals surface area contributed by atoms with Gasteiger partial charge in [0.15, 0.2) is 4.67 Å². The van der Waals surface area contributed by atoms with Gasteiger partial charge in [0.2, 0.25) is 0 Å². The van der Waals surface area contributed by atoms with Crippen LogP contribution >= 0.6 is 15.9 Å². The van der Waals surface area contributed by atoms with Crippen LogP contribution in [-0.2, 0) is 0 Å². The maximum atomic E-state index is 5.73. The van der Waals surface area contributed by atoms with Gasteiger partial charge in [0.25, 0.3) is 0 Å². The molecule has 0 aliphatic carbocycles. The highest BCUT2D eigenvalue weighted by Gasteiger charge is 2.25. The average Bonchev–Trinajstić information content (AvgIpc) is 2.91. The van der Waals surface area contributed by atoms with Gasteiger partial charge < -0.3 is 14.5 Å². The second kappa shape index (κ2) is 6.02. The lowest BCUT2D eigenvalue weighted by Gasteiger charge is -2.28. The molecule has 2 atom stereocenters. The lowest BCUT2D eigenvalue weighted by molar-refractivity contribution is 0.252. The van der Waals surface area contributed by atoms with Crippen LogP contribution in [0.1, 0.15) is 36.1 Å². The van der Waals surface area contributed by atoms with Gasteiger partial charge >= 0.3 is 0 Å². The molecule has 2 heterocycles. The summed E-state index contributed by atoms with van der Waals surface area (Å²) in [5, 5.41) is 3.35. The van der Waals surface area contributed by atoms with Crippen molar-refractivity contribution >= 4 is 15.9 Å². The summed E-state index contributed by atoms with van der Waals surface area (Å²) in [5.41, 5.74) is 1.31. The number of benzene rings is 1. The van der Waals surface area contributed by atoms with E-state index in [-0.39, 0.29) is 6.04 Å². The lowest BCUT2D eigenvalue weighted by atomic mass is 9.87. The fraction of sp³-hybridized carbons (Fsp3) is 0.375. The van der Waals surface area contributed by atoms with Crippen molar-refractivity contribution in [2.45, 2.75) is 24.8 Å². The molecule has 4 heteroatoms. The van der Waals surface area contributed by atoms with E-state index in [1.165, 1.54) is 5.56 Å². The third kappa shape index (κ3) is 2.76. The molecular formula is C16H18BrNO2. The van der Waals surface area contributed by atoms with Crippen LogP contribution in [0.25, 0.3) is 0 Å². The van der Waals surface area contributed by atoms with Gasteiger partial charge in [-0.2, -0.15) is 0 Å². The minimum absolute atomic E-state index is 0.220. The third-order valence-electron chi connectivity index (χ3n) is 3.89.